The second-order valence-electron chi connectivity index (χ2n) is 5.32. The van der Waals surface area contributed by atoms with Gasteiger partial charge in [0.1, 0.15) is 5.75 Å². The van der Waals surface area contributed by atoms with Gasteiger partial charge in [-0.1, -0.05) is 19.3 Å². The molecule has 1 atom stereocenters. The fourth-order valence-electron chi connectivity index (χ4n) is 3.23. The highest BCUT2D eigenvalue weighted by molar-refractivity contribution is 5.44. The van der Waals surface area contributed by atoms with Crippen molar-refractivity contribution in [2.45, 2.75) is 51.4 Å². The molecule has 0 radical (unpaired) electrons. The van der Waals surface area contributed by atoms with Crippen molar-refractivity contribution in [3.05, 3.63) is 23.0 Å². The molecule has 18 heavy (non-hydrogen) atoms. The zero-order valence-corrected chi connectivity index (χ0v) is 10.6. The van der Waals surface area contributed by atoms with Crippen LogP contribution in [0.2, 0.25) is 0 Å². The number of aromatic nitrogens is 1. The van der Waals surface area contributed by atoms with E-state index in [2.05, 4.69) is 4.98 Å². The lowest BCUT2D eigenvalue weighted by molar-refractivity contribution is 0.0102. The van der Waals surface area contributed by atoms with E-state index in [4.69, 9.17) is 10.5 Å². The van der Waals surface area contributed by atoms with Crippen molar-refractivity contribution < 1.29 is 9.84 Å². The Morgan fingerprint density at radius 3 is 2.83 bits per heavy atom. The van der Waals surface area contributed by atoms with Crippen LogP contribution in [0.5, 0.6) is 5.75 Å². The van der Waals surface area contributed by atoms with E-state index in [0.29, 0.717) is 18.2 Å². The minimum absolute atomic E-state index is 0.130. The van der Waals surface area contributed by atoms with Crippen molar-refractivity contribution in [2.24, 2.45) is 11.7 Å². The Morgan fingerprint density at radius 1 is 1.33 bits per heavy atom. The van der Waals surface area contributed by atoms with Crippen LogP contribution in [0.3, 0.4) is 0 Å². The van der Waals surface area contributed by atoms with E-state index >= 15 is 0 Å². The minimum Gasteiger partial charge on any atom is -0.506 e. The summed E-state index contributed by atoms with van der Waals surface area (Å²) in [5.41, 5.74) is 8.11. The fraction of sp³-hybridized carbons (Fsp3) is 0.643. The number of nitrogens with zero attached hydrogens (tertiary/aromatic N) is 1. The summed E-state index contributed by atoms with van der Waals surface area (Å²) >= 11 is 0. The maximum atomic E-state index is 10.1. The highest BCUT2D eigenvalue weighted by Crippen LogP contribution is 2.44. The first-order valence-corrected chi connectivity index (χ1v) is 6.82. The predicted molar refractivity (Wildman–Crippen MR) is 67.9 cm³/mol. The molecule has 0 amide bonds. The van der Waals surface area contributed by atoms with Crippen LogP contribution in [0.4, 0.5) is 0 Å². The van der Waals surface area contributed by atoms with Gasteiger partial charge in [-0.15, -0.1) is 0 Å². The first-order chi connectivity index (χ1) is 8.81. The molecule has 1 aliphatic heterocycles. The van der Waals surface area contributed by atoms with Crippen LogP contribution in [0.1, 0.15) is 55.0 Å². The predicted octanol–water partition coefficient (Wildman–Crippen LogP) is 2.40. The zero-order valence-electron chi connectivity index (χ0n) is 10.6. The standard InChI is InChI=1S/C14H20N2O2/c15-6-12-13(17)11-8-18-14(10(11)7-16-12)9-4-2-1-3-5-9/h7,9,14,17H,1-6,8,15H2. The molecule has 98 valence electrons. The van der Waals surface area contributed by atoms with Crippen LogP contribution >= 0.6 is 0 Å². The van der Waals surface area contributed by atoms with Crippen LogP contribution in [-0.4, -0.2) is 10.1 Å². The number of hydrogen-bond acceptors (Lipinski definition) is 4. The molecule has 1 unspecified atom stereocenters. The number of aromatic hydroxyl groups is 1. The van der Waals surface area contributed by atoms with Gasteiger partial charge >= 0.3 is 0 Å². The first kappa shape index (κ1) is 11.9. The number of rotatable bonds is 2. The average molecular weight is 248 g/mol. The minimum atomic E-state index is 0.130. The van der Waals surface area contributed by atoms with E-state index in [-0.39, 0.29) is 18.4 Å². The summed E-state index contributed by atoms with van der Waals surface area (Å²) in [6.45, 7) is 0.769. The van der Waals surface area contributed by atoms with Crippen molar-refractivity contribution in [3.63, 3.8) is 0 Å². The summed E-state index contributed by atoms with van der Waals surface area (Å²) < 4.78 is 5.90. The lowest BCUT2D eigenvalue weighted by atomic mass is 9.83. The monoisotopic (exact) mass is 248 g/mol. The van der Waals surface area contributed by atoms with Gasteiger partial charge in [0.15, 0.2) is 0 Å². The molecule has 1 aromatic heterocycles. The van der Waals surface area contributed by atoms with Gasteiger partial charge in [0.05, 0.1) is 18.4 Å². The van der Waals surface area contributed by atoms with Gasteiger partial charge in [-0.3, -0.25) is 4.98 Å². The van der Waals surface area contributed by atoms with Crippen LogP contribution in [0.15, 0.2) is 6.20 Å². The second kappa shape index (κ2) is 4.86. The lowest BCUT2D eigenvalue weighted by Gasteiger charge is -2.27. The topological polar surface area (TPSA) is 68.4 Å². The number of pyridine rings is 1. The molecule has 0 bridgehead atoms. The number of nitrogens with two attached hydrogens (primary N) is 1. The van der Waals surface area contributed by atoms with Gasteiger partial charge in [0.2, 0.25) is 0 Å². The van der Waals surface area contributed by atoms with Gasteiger partial charge in [0, 0.05) is 23.9 Å². The van der Waals surface area contributed by atoms with Crippen molar-refractivity contribution in [1.29, 1.82) is 0 Å². The summed E-state index contributed by atoms with van der Waals surface area (Å²) in [5.74, 6) is 0.832. The third kappa shape index (κ3) is 1.89. The highest BCUT2D eigenvalue weighted by Gasteiger charge is 2.34. The third-order valence-electron chi connectivity index (χ3n) is 4.25. The maximum Gasteiger partial charge on any atom is 0.144 e. The van der Waals surface area contributed by atoms with Crippen LogP contribution in [-0.2, 0) is 17.9 Å². The molecule has 0 saturated heterocycles. The fourth-order valence-corrected chi connectivity index (χ4v) is 3.23. The van der Waals surface area contributed by atoms with Gasteiger partial charge in [0.25, 0.3) is 0 Å². The molecule has 2 aliphatic rings. The molecule has 0 aromatic carbocycles. The molecule has 4 heteroatoms. The molecule has 4 nitrogen and oxygen atoms in total. The van der Waals surface area contributed by atoms with Gasteiger partial charge < -0.3 is 15.6 Å². The van der Waals surface area contributed by atoms with Crippen molar-refractivity contribution in [3.8, 4) is 5.75 Å². The molecule has 3 rings (SSSR count). The summed E-state index contributed by atoms with van der Waals surface area (Å²) in [6, 6.07) is 0. The molecular weight excluding hydrogens is 228 g/mol. The number of ether oxygens (including phenoxy) is 1. The molecule has 1 aromatic rings. The second-order valence-corrected chi connectivity index (χ2v) is 5.32. The van der Waals surface area contributed by atoms with Crippen LogP contribution < -0.4 is 5.73 Å². The van der Waals surface area contributed by atoms with Gasteiger partial charge in [-0.2, -0.15) is 0 Å². The zero-order chi connectivity index (χ0) is 12.5. The van der Waals surface area contributed by atoms with E-state index in [1.54, 1.807) is 0 Å². The molecule has 1 saturated carbocycles. The Labute approximate surface area is 107 Å². The van der Waals surface area contributed by atoms with Crippen LogP contribution in [0, 0.1) is 5.92 Å². The Bertz CT molecular complexity index is 442. The molecule has 1 aliphatic carbocycles. The van der Waals surface area contributed by atoms with E-state index in [1.807, 2.05) is 6.20 Å². The number of hydrogen-bond donors (Lipinski definition) is 2. The normalized spacial score (nSPS) is 24.2. The third-order valence-corrected chi connectivity index (χ3v) is 4.25. The van der Waals surface area contributed by atoms with Gasteiger partial charge in [-0.25, -0.2) is 0 Å². The molecule has 3 N–H and O–H groups in total. The van der Waals surface area contributed by atoms with Crippen molar-refractivity contribution in [2.75, 3.05) is 0 Å². The molecule has 1 fully saturated rings. The summed E-state index contributed by atoms with van der Waals surface area (Å²) in [5, 5.41) is 10.1. The largest absolute Gasteiger partial charge is 0.506 e. The Kier molecular flexibility index (Phi) is 3.22. The Morgan fingerprint density at radius 2 is 2.11 bits per heavy atom. The van der Waals surface area contributed by atoms with Crippen molar-refractivity contribution in [1.82, 2.24) is 4.98 Å². The van der Waals surface area contributed by atoms with Crippen molar-refractivity contribution >= 4 is 0 Å². The SMILES string of the molecule is NCc1ncc2c(c1O)COC2C1CCCCC1. The van der Waals surface area contributed by atoms with Gasteiger partial charge in [-0.05, 0) is 18.8 Å². The van der Waals surface area contributed by atoms with E-state index in [9.17, 15) is 5.11 Å². The summed E-state index contributed by atoms with van der Waals surface area (Å²) in [7, 11) is 0. The summed E-state index contributed by atoms with van der Waals surface area (Å²) in [4.78, 5) is 4.26. The smallest absolute Gasteiger partial charge is 0.144 e. The molecule has 2 heterocycles. The summed E-state index contributed by atoms with van der Waals surface area (Å²) in [6.07, 6.45) is 8.35. The highest BCUT2D eigenvalue weighted by atomic mass is 16.5. The molecule has 0 spiro atoms. The number of fused-ring (bicyclic) bond motifs is 1. The molecular formula is C14H20N2O2. The Hall–Kier alpha value is -1.13. The van der Waals surface area contributed by atoms with E-state index in [1.165, 1.54) is 32.1 Å². The van der Waals surface area contributed by atoms with E-state index < -0.39 is 0 Å². The quantitative estimate of drug-likeness (QED) is 0.843. The Balaban J connectivity index is 1.89. The lowest BCUT2D eigenvalue weighted by Crippen LogP contribution is -2.15. The maximum absolute atomic E-state index is 10.1. The first-order valence-electron chi connectivity index (χ1n) is 6.82. The van der Waals surface area contributed by atoms with Crippen LogP contribution in [0.25, 0.3) is 0 Å². The average Bonchev–Trinajstić information content (AvgIpc) is 2.85. The van der Waals surface area contributed by atoms with E-state index in [0.717, 1.165) is 11.1 Å².